The minimum atomic E-state index is -0.581. The van der Waals surface area contributed by atoms with Crippen molar-refractivity contribution in [3.8, 4) is 11.3 Å². The van der Waals surface area contributed by atoms with Crippen molar-refractivity contribution >= 4 is 44.2 Å². The molecule has 0 bridgehead atoms. The van der Waals surface area contributed by atoms with Crippen molar-refractivity contribution in [2.45, 2.75) is 33.7 Å². The van der Waals surface area contributed by atoms with Gasteiger partial charge >= 0.3 is 0 Å². The Morgan fingerprint density at radius 3 is 2.38 bits per heavy atom. The van der Waals surface area contributed by atoms with Crippen LogP contribution >= 0.6 is 27.3 Å². The van der Waals surface area contributed by atoms with Gasteiger partial charge in [-0.3, -0.25) is 9.59 Å². The van der Waals surface area contributed by atoms with Gasteiger partial charge in [-0.25, -0.2) is 4.98 Å². The van der Waals surface area contributed by atoms with Gasteiger partial charge in [-0.1, -0.05) is 41.9 Å². The molecule has 0 aliphatic heterocycles. The first-order valence-electron chi connectivity index (χ1n) is 7.59. The van der Waals surface area contributed by atoms with Crippen molar-refractivity contribution in [1.82, 2.24) is 10.3 Å². The van der Waals surface area contributed by atoms with Gasteiger partial charge in [0.2, 0.25) is 11.8 Å². The van der Waals surface area contributed by atoms with Crippen LogP contribution in [0.5, 0.6) is 0 Å². The molecule has 0 saturated carbocycles. The third-order valence-electron chi connectivity index (χ3n) is 3.45. The summed E-state index contributed by atoms with van der Waals surface area (Å²) in [5, 5.41) is 6.03. The maximum Gasteiger partial charge on any atom is 0.248 e. The fraction of sp³-hybridized carbons (Fsp3) is 0.353. The van der Waals surface area contributed by atoms with E-state index in [0.717, 1.165) is 20.6 Å². The predicted molar refractivity (Wildman–Crippen MR) is 101 cm³/mol. The topological polar surface area (TPSA) is 71.1 Å². The zero-order valence-electron chi connectivity index (χ0n) is 14.0. The fourth-order valence-electron chi connectivity index (χ4n) is 2.26. The number of thiazole rings is 1. The number of nitrogens with zero attached hydrogens (tertiary/aromatic N) is 1. The average Bonchev–Trinajstić information content (AvgIpc) is 2.85. The first kappa shape index (κ1) is 18.6. The zero-order valence-corrected chi connectivity index (χ0v) is 16.4. The Morgan fingerprint density at radius 1 is 1.21 bits per heavy atom. The van der Waals surface area contributed by atoms with Crippen LogP contribution in [-0.2, 0) is 9.59 Å². The van der Waals surface area contributed by atoms with Gasteiger partial charge in [0.05, 0.1) is 5.69 Å². The highest BCUT2D eigenvalue weighted by Gasteiger charge is 2.24. The molecule has 2 amide bonds. The van der Waals surface area contributed by atoms with Gasteiger partial charge in [0, 0.05) is 21.8 Å². The summed E-state index contributed by atoms with van der Waals surface area (Å²) in [6, 6.07) is 7.29. The number of rotatable bonds is 5. The van der Waals surface area contributed by atoms with Crippen molar-refractivity contribution in [1.29, 1.82) is 0 Å². The van der Waals surface area contributed by atoms with E-state index in [1.54, 1.807) is 0 Å². The Labute approximate surface area is 154 Å². The lowest BCUT2D eigenvalue weighted by molar-refractivity contribution is -0.126. The van der Waals surface area contributed by atoms with Crippen LogP contribution in [0.3, 0.4) is 0 Å². The third-order valence-corrected chi connectivity index (χ3v) is 4.87. The number of hydrogen-bond acceptors (Lipinski definition) is 4. The first-order chi connectivity index (χ1) is 11.3. The summed E-state index contributed by atoms with van der Waals surface area (Å²) in [7, 11) is 0. The number of carbonyl (C=O) groups is 2. The number of halogens is 1. The van der Waals surface area contributed by atoms with Crippen LogP contribution in [0.2, 0.25) is 0 Å². The lowest BCUT2D eigenvalue weighted by Gasteiger charge is -2.20. The number of aromatic nitrogens is 1. The molecule has 2 rings (SSSR count). The monoisotopic (exact) mass is 409 g/mol. The summed E-state index contributed by atoms with van der Waals surface area (Å²) >= 11 is 4.84. The van der Waals surface area contributed by atoms with Gasteiger partial charge < -0.3 is 10.6 Å². The van der Waals surface area contributed by atoms with Gasteiger partial charge in [0.25, 0.3) is 0 Å². The van der Waals surface area contributed by atoms with Crippen molar-refractivity contribution in [2.24, 2.45) is 5.92 Å². The van der Waals surface area contributed by atoms with Crippen molar-refractivity contribution < 1.29 is 9.59 Å². The molecule has 24 heavy (non-hydrogen) atoms. The molecule has 1 aromatic heterocycles. The maximum atomic E-state index is 12.4. The summed E-state index contributed by atoms with van der Waals surface area (Å²) < 4.78 is 1.00. The molecule has 1 aromatic carbocycles. The van der Waals surface area contributed by atoms with Crippen LogP contribution in [0.1, 0.15) is 25.6 Å². The van der Waals surface area contributed by atoms with E-state index < -0.39 is 6.04 Å². The molecule has 128 valence electrons. The van der Waals surface area contributed by atoms with Gasteiger partial charge in [0.15, 0.2) is 5.13 Å². The highest BCUT2D eigenvalue weighted by Crippen LogP contribution is 2.31. The Bertz CT molecular complexity index is 741. The molecule has 0 aliphatic rings. The summed E-state index contributed by atoms with van der Waals surface area (Å²) in [4.78, 5) is 29.3. The molecule has 0 saturated heterocycles. The largest absolute Gasteiger partial charge is 0.344 e. The zero-order chi connectivity index (χ0) is 17.9. The van der Waals surface area contributed by atoms with E-state index in [1.165, 1.54) is 18.3 Å². The quantitative estimate of drug-likeness (QED) is 0.784. The van der Waals surface area contributed by atoms with Crippen molar-refractivity contribution in [3.05, 3.63) is 33.6 Å². The third kappa shape index (κ3) is 4.64. The Hall–Kier alpha value is -1.73. The van der Waals surface area contributed by atoms with Crippen LogP contribution in [0.15, 0.2) is 28.7 Å². The number of anilines is 1. The lowest BCUT2D eigenvalue weighted by Crippen LogP contribution is -2.46. The Balaban J connectivity index is 2.18. The molecule has 2 N–H and O–H groups in total. The SMILES string of the molecule is CC(=O)NC(C(=O)Nc1nc(-c2ccc(Br)cc2)c(C)s1)C(C)C. The van der Waals surface area contributed by atoms with Crippen LogP contribution < -0.4 is 10.6 Å². The lowest BCUT2D eigenvalue weighted by atomic mass is 10.0. The molecule has 0 fully saturated rings. The number of hydrogen-bond donors (Lipinski definition) is 2. The van der Waals surface area contributed by atoms with E-state index in [-0.39, 0.29) is 17.7 Å². The van der Waals surface area contributed by atoms with Gasteiger partial charge in [-0.15, -0.1) is 11.3 Å². The Morgan fingerprint density at radius 2 is 1.83 bits per heavy atom. The predicted octanol–water partition coefficient (Wildman–Crippen LogP) is 3.98. The minimum absolute atomic E-state index is 0.0131. The standard InChI is InChI=1S/C17H20BrN3O2S/c1-9(2)14(19-11(4)22)16(23)21-17-20-15(10(3)24-17)12-5-7-13(18)8-6-12/h5-9,14H,1-4H3,(H,19,22)(H,20,21,23). The molecule has 0 aliphatic carbocycles. The van der Waals surface area contributed by atoms with Crippen molar-refractivity contribution in [2.75, 3.05) is 5.32 Å². The highest BCUT2D eigenvalue weighted by molar-refractivity contribution is 9.10. The van der Waals surface area contributed by atoms with Crippen LogP contribution in [0, 0.1) is 12.8 Å². The summed E-state index contributed by atoms with van der Waals surface area (Å²) in [6.07, 6.45) is 0. The van der Waals surface area contributed by atoms with E-state index in [1.807, 2.05) is 45.0 Å². The van der Waals surface area contributed by atoms with Crippen LogP contribution in [0.25, 0.3) is 11.3 Å². The fourth-order valence-corrected chi connectivity index (χ4v) is 3.37. The minimum Gasteiger partial charge on any atom is -0.344 e. The normalized spacial score (nSPS) is 12.1. The van der Waals surface area contributed by atoms with Gasteiger partial charge in [-0.2, -0.15) is 0 Å². The van der Waals surface area contributed by atoms with E-state index in [4.69, 9.17) is 0 Å². The van der Waals surface area contributed by atoms with E-state index in [0.29, 0.717) is 5.13 Å². The molecule has 5 nitrogen and oxygen atoms in total. The van der Waals surface area contributed by atoms with E-state index in [9.17, 15) is 9.59 Å². The van der Waals surface area contributed by atoms with E-state index in [2.05, 4.69) is 31.5 Å². The second-order valence-electron chi connectivity index (χ2n) is 5.84. The number of nitrogens with one attached hydrogen (secondary N) is 2. The summed E-state index contributed by atoms with van der Waals surface area (Å²) in [5.41, 5.74) is 1.85. The van der Waals surface area contributed by atoms with Gasteiger partial charge in [0.1, 0.15) is 6.04 Å². The summed E-state index contributed by atoms with van der Waals surface area (Å²) in [6.45, 7) is 7.15. The van der Waals surface area contributed by atoms with E-state index >= 15 is 0 Å². The molecule has 1 heterocycles. The second kappa shape index (κ2) is 7.90. The Kier molecular flexibility index (Phi) is 6.12. The molecular formula is C17H20BrN3O2S. The molecule has 0 radical (unpaired) electrons. The number of amides is 2. The maximum absolute atomic E-state index is 12.4. The van der Waals surface area contributed by atoms with Crippen LogP contribution in [-0.4, -0.2) is 22.8 Å². The first-order valence-corrected chi connectivity index (χ1v) is 9.20. The molecule has 2 aromatic rings. The molecule has 1 unspecified atom stereocenters. The smallest absolute Gasteiger partial charge is 0.248 e. The molecule has 7 heteroatoms. The van der Waals surface area contributed by atoms with Crippen molar-refractivity contribution in [3.63, 3.8) is 0 Å². The molecular weight excluding hydrogens is 390 g/mol. The highest BCUT2D eigenvalue weighted by atomic mass is 79.9. The summed E-state index contributed by atoms with van der Waals surface area (Å²) in [5.74, 6) is -0.494. The second-order valence-corrected chi connectivity index (χ2v) is 7.96. The number of benzene rings is 1. The van der Waals surface area contributed by atoms with Gasteiger partial charge in [-0.05, 0) is 25.0 Å². The number of aryl methyl sites for hydroxylation is 1. The number of carbonyl (C=O) groups excluding carboxylic acids is 2. The molecule has 0 spiro atoms. The molecule has 1 atom stereocenters. The average molecular weight is 410 g/mol. The van der Waals surface area contributed by atoms with Crippen LogP contribution in [0.4, 0.5) is 5.13 Å².